The van der Waals surface area contributed by atoms with Gasteiger partial charge >= 0.3 is 0 Å². The lowest BCUT2D eigenvalue weighted by atomic mass is 10.1. The Bertz CT molecular complexity index is 583. The third-order valence-corrected chi connectivity index (χ3v) is 2.92. The minimum Gasteiger partial charge on any atom is -0.240 e. The topological polar surface area (TPSA) is 12.9 Å². The maximum atomic E-state index is 6.10. The van der Waals surface area contributed by atoms with Gasteiger partial charge < -0.3 is 0 Å². The fourth-order valence-electron chi connectivity index (χ4n) is 1.77. The highest BCUT2D eigenvalue weighted by Crippen LogP contribution is 2.17. The molecule has 18 heavy (non-hydrogen) atoms. The Hall–Kier alpha value is -1.78. The smallest absolute Gasteiger partial charge is 0.145 e. The van der Waals surface area contributed by atoms with Crippen molar-refractivity contribution < 1.29 is 0 Å². The first-order chi connectivity index (χ1) is 8.66. The average Bonchev–Trinajstić information content (AvgIpc) is 2.34. The number of hydrogen-bond acceptors (Lipinski definition) is 1. The van der Waals surface area contributed by atoms with Gasteiger partial charge in [0.15, 0.2) is 0 Å². The van der Waals surface area contributed by atoms with E-state index in [0.717, 1.165) is 23.2 Å². The van der Waals surface area contributed by atoms with Gasteiger partial charge in [-0.05, 0) is 31.0 Å². The van der Waals surface area contributed by atoms with Crippen molar-refractivity contribution in [3.05, 3.63) is 63.9 Å². The Morgan fingerprint density at radius 1 is 1.17 bits per heavy atom. The van der Waals surface area contributed by atoms with E-state index in [1.807, 2.05) is 38.1 Å². The highest BCUT2D eigenvalue weighted by molar-refractivity contribution is 6.30. The summed E-state index contributed by atoms with van der Waals surface area (Å²) in [5, 5.41) is 0.494. The van der Waals surface area contributed by atoms with E-state index in [9.17, 15) is 0 Å². The van der Waals surface area contributed by atoms with Gasteiger partial charge in [-0.3, -0.25) is 0 Å². The molecule has 2 heteroatoms. The molecular formula is C16H14ClN. The monoisotopic (exact) mass is 255 g/mol. The predicted molar refractivity (Wildman–Crippen MR) is 75.7 cm³/mol. The highest BCUT2D eigenvalue weighted by Gasteiger charge is 2.03. The van der Waals surface area contributed by atoms with E-state index in [1.165, 1.54) is 5.56 Å². The SMILES string of the molecule is Cc1cc(C)c(C#CCc2ccccc2)c(Cl)n1. The summed E-state index contributed by atoms with van der Waals surface area (Å²) in [4.78, 5) is 4.22. The zero-order chi connectivity index (χ0) is 13.0. The van der Waals surface area contributed by atoms with Crippen LogP contribution in [0.15, 0.2) is 36.4 Å². The zero-order valence-electron chi connectivity index (χ0n) is 10.5. The molecule has 1 aromatic carbocycles. The Labute approximate surface area is 113 Å². The third-order valence-electron chi connectivity index (χ3n) is 2.65. The molecule has 90 valence electrons. The van der Waals surface area contributed by atoms with Crippen LogP contribution in [-0.2, 0) is 6.42 Å². The van der Waals surface area contributed by atoms with Crippen molar-refractivity contribution in [1.82, 2.24) is 4.98 Å². The van der Waals surface area contributed by atoms with Gasteiger partial charge in [0.05, 0.1) is 5.56 Å². The lowest BCUT2D eigenvalue weighted by molar-refractivity contribution is 1.16. The van der Waals surface area contributed by atoms with Crippen molar-refractivity contribution in [2.45, 2.75) is 20.3 Å². The van der Waals surface area contributed by atoms with Gasteiger partial charge in [0.2, 0.25) is 0 Å². The Kier molecular flexibility index (Phi) is 4.02. The quantitative estimate of drug-likeness (QED) is 0.556. The van der Waals surface area contributed by atoms with Gasteiger partial charge in [0.25, 0.3) is 0 Å². The summed E-state index contributed by atoms with van der Waals surface area (Å²) < 4.78 is 0. The molecule has 1 aromatic heterocycles. The van der Waals surface area contributed by atoms with Crippen LogP contribution in [0, 0.1) is 25.7 Å². The first-order valence-corrected chi connectivity index (χ1v) is 6.21. The van der Waals surface area contributed by atoms with Crippen LogP contribution in [0.25, 0.3) is 0 Å². The summed E-state index contributed by atoms with van der Waals surface area (Å²) in [5.41, 5.74) is 4.04. The molecule has 0 bridgehead atoms. The lowest BCUT2D eigenvalue weighted by Crippen LogP contribution is -1.91. The Balaban J connectivity index is 2.21. The van der Waals surface area contributed by atoms with Gasteiger partial charge in [-0.25, -0.2) is 4.98 Å². The molecule has 0 fully saturated rings. The van der Waals surface area contributed by atoms with Crippen molar-refractivity contribution in [3.8, 4) is 11.8 Å². The van der Waals surface area contributed by atoms with Crippen molar-refractivity contribution in [2.24, 2.45) is 0 Å². The van der Waals surface area contributed by atoms with E-state index < -0.39 is 0 Å². The molecule has 0 aliphatic carbocycles. The number of benzene rings is 1. The molecule has 0 N–H and O–H groups in total. The van der Waals surface area contributed by atoms with E-state index >= 15 is 0 Å². The molecular weight excluding hydrogens is 242 g/mol. The first kappa shape index (κ1) is 12.7. The molecule has 0 saturated carbocycles. The van der Waals surface area contributed by atoms with Crippen LogP contribution in [-0.4, -0.2) is 4.98 Å². The molecule has 0 radical (unpaired) electrons. The second kappa shape index (κ2) is 5.71. The second-order valence-electron chi connectivity index (χ2n) is 4.21. The summed E-state index contributed by atoms with van der Waals surface area (Å²) in [6.45, 7) is 3.94. The zero-order valence-corrected chi connectivity index (χ0v) is 11.3. The van der Waals surface area contributed by atoms with Gasteiger partial charge in [0, 0.05) is 12.1 Å². The van der Waals surface area contributed by atoms with Crippen molar-refractivity contribution in [2.75, 3.05) is 0 Å². The van der Waals surface area contributed by atoms with Crippen molar-refractivity contribution in [1.29, 1.82) is 0 Å². The maximum absolute atomic E-state index is 6.10. The van der Waals surface area contributed by atoms with Crippen molar-refractivity contribution in [3.63, 3.8) is 0 Å². The molecule has 0 aliphatic rings. The van der Waals surface area contributed by atoms with E-state index in [2.05, 4.69) is 29.0 Å². The first-order valence-electron chi connectivity index (χ1n) is 5.83. The molecule has 0 atom stereocenters. The highest BCUT2D eigenvalue weighted by atomic mass is 35.5. The van der Waals surface area contributed by atoms with Gasteiger partial charge in [-0.1, -0.05) is 53.8 Å². The Morgan fingerprint density at radius 3 is 2.56 bits per heavy atom. The minimum absolute atomic E-state index is 0.494. The van der Waals surface area contributed by atoms with E-state index in [4.69, 9.17) is 11.6 Å². The molecule has 0 amide bonds. The number of nitrogens with zero attached hydrogens (tertiary/aromatic N) is 1. The minimum atomic E-state index is 0.494. The molecule has 1 nitrogen and oxygen atoms in total. The maximum Gasteiger partial charge on any atom is 0.145 e. The van der Waals surface area contributed by atoms with Gasteiger partial charge in [-0.2, -0.15) is 0 Å². The molecule has 0 saturated heterocycles. The summed E-state index contributed by atoms with van der Waals surface area (Å²) in [6.07, 6.45) is 0.727. The van der Waals surface area contributed by atoms with Crippen LogP contribution in [0.2, 0.25) is 5.15 Å². The number of aryl methyl sites for hydroxylation is 2. The molecule has 0 spiro atoms. The standard InChI is InChI=1S/C16H14ClN/c1-12-11-13(2)18-16(17)15(12)10-6-9-14-7-4-3-5-8-14/h3-5,7-8,11H,9H2,1-2H3. The van der Waals surface area contributed by atoms with Gasteiger partial charge in [0.1, 0.15) is 5.15 Å². The van der Waals surface area contributed by atoms with Crippen molar-refractivity contribution >= 4 is 11.6 Å². The third kappa shape index (κ3) is 3.12. The van der Waals surface area contributed by atoms with E-state index in [0.29, 0.717) is 5.15 Å². The van der Waals surface area contributed by atoms with Crippen LogP contribution in [0.4, 0.5) is 0 Å². The average molecular weight is 256 g/mol. The van der Waals surface area contributed by atoms with Crippen LogP contribution >= 0.6 is 11.6 Å². The second-order valence-corrected chi connectivity index (χ2v) is 4.57. The predicted octanol–water partition coefficient (Wildman–Crippen LogP) is 3.95. The molecule has 2 aromatic rings. The molecule has 2 rings (SSSR count). The van der Waals surface area contributed by atoms with Crippen LogP contribution in [0.3, 0.4) is 0 Å². The summed E-state index contributed by atoms with van der Waals surface area (Å²) in [7, 11) is 0. The summed E-state index contributed by atoms with van der Waals surface area (Å²) in [6, 6.07) is 12.2. The van der Waals surface area contributed by atoms with Crippen LogP contribution in [0.5, 0.6) is 0 Å². The number of halogens is 1. The summed E-state index contributed by atoms with van der Waals surface area (Å²) >= 11 is 6.10. The summed E-state index contributed by atoms with van der Waals surface area (Å²) in [5.74, 6) is 6.26. The number of rotatable bonds is 1. The van der Waals surface area contributed by atoms with Crippen LogP contribution < -0.4 is 0 Å². The number of hydrogen-bond donors (Lipinski definition) is 0. The fraction of sp³-hybridized carbons (Fsp3) is 0.188. The van der Waals surface area contributed by atoms with E-state index in [-0.39, 0.29) is 0 Å². The largest absolute Gasteiger partial charge is 0.240 e. The Morgan fingerprint density at radius 2 is 1.89 bits per heavy atom. The molecule has 0 aliphatic heterocycles. The van der Waals surface area contributed by atoms with Gasteiger partial charge in [-0.15, -0.1) is 0 Å². The number of pyridine rings is 1. The molecule has 0 unspecified atom stereocenters. The number of aromatic nitrogens is 1. The van der Waals surface area contributed by atoms with Crippen LogP contribution in [0.1, 0.15) is 22.4 Å². The fourth-order valence-corrected chi connectivity index (χ4v) is 2.10. The molecule has 1 heterocycles. The normalized spacial score (nSPS) is 9.72. The van der Waals surface area contributed by atoms with E-state index in [1.54, 1.807) is 0 Å². The lowest BCUT2D eigenvalue weighted by Gasteiger charge is -2.02.